The zero-order valence-corrected chi connectivity index (χ0v) is 8.04. The predicted molar refractivity (Wildman–Crippen MR) is 44.3 cm³/mol. The van der Waals surface area contributed by atoms with E-state index in [1.165, 1.54) is 14.0 Å². The molecule has 0 saturated carbocycles. The van der Waals surface area contributed by atoms with E-state index in [4.69, 9.17) is 9.47 Å². The number of methoxy groups -OCH3 is 1. The lowest BCUT2D eigenvalue weighted by Crippen LogP contribution is -2.54. The van der Waals surface area contributed by atoms with Gasteiger partial charge in [0.15, 0.2) is 0 Å². The van der Waals surface area contributed by atoms with Crippen molar-refractivity contribution in [2.75, 3.05) is 13.7 Å². The zero-order chi connectivity index (χ0) is 10.7. The quantitative estimate of drug-likeness (QED) is 0.543. The van der Waals surface area contributed by atoms with Gasteiger partial charge in [-0.1, -0.05) is 0 Å². The summed E-state index contributed by atoms with van der Waals surface area (Å²) in [5.74, 6) is -0.572. The number of ether oxygens (including phenoxy) is 3. The van der Waals surface area contributed by atoms with Crippen LogP contribution in [0.4, 0.5) is 0 Å². The lowest BCUT2D eigenvalue weighted by Gasteiger charge is -2.35. The Balaban J connectivity index is 2.54. The van der Waals surface area contributed by atoms with Crippen LogP contribution in [0.25, 0.3) is 0 Å². The van der Waals surface area contributed by atoms with Crippen LogP contribution in [0.5, 0.6) is 0 Å². The zero-order valence-electron chi connectivity index (χ0n) is 8.04. The van der Waals surface area contributed by atoms with Crippen LogP contribution in [0, 0.1) is 0 Å². The highest BCUT2D eigenvalue weighted by Gasteiger charge is 2.40. The Kier molecular flexibility index (Phi) is 3.82. The first-order chi connectivity index (χ1) is 6.56. The van der Waals surface area contributed by atoms with E-state index in [1.54, 1.807) is 0 Å². The summed E-state index contributed by atoms with van der Waals surface area (Å²) in [5, 5.41) is 18.9. The van der Waals surface area contributed by atoms with Gasteiger partial charge in [0.05, 0.1) is 6.61 Å². The van der Waals surface area contributed by atoms with E-state index < -0.39 is 30.6 Å². The number of esters is 1. The summed E-state index contributed by atoms with van der Waals surface area (Å²) in [6.07, 6.45) is -4.11. The second kappa shape index (κ2) is 4.70. The summed E-state index contributed by atoms with van der Waals surface area (Å²) in [6.45, 7) is 1.28. The van der Waals surface area contributed by atoms with E-state index in [2.05, 4.69) is 4.74 Å². The second-order valence-corrected chi connectivity index (χ2v) is 3.07. The van der Waals surface area contributed by atoms with Crippen LogP contribution in [0.1, 0.15) is 6.92 Å². The summed E-state index contributed by atoms with van der Waals surface area (Å²) in [7, 11) is 1.40. The number of aliphatic hydroxyl groups excluding tert-OH is 2. The molecule has 1 aliphatic heterocycles. The molecule has 0 aliphatic carbocycles. The van der Waals surface area contributed by atoms with Crippen molar-refractivity contribution in [3.8, 4) is 0 Å². The maximum atomic E-state index is 10.6. The van der Waals surface area contributed by atoms with Crippen LogP contribution >= 0.6 is 0 Å². The topological polar surface area (TPSA) is 85.2 Å². The smallest absolute Gasteiger partial charge is 0.305 e. The summed E-state index contributed by atoms with van der Waals surface area (Å²) >= 11 is 0. The fraction of sp³-hybridized carbons (Fsp3) is 0.875. The molecule has 1 fully saturated rings. The number of aliphatic hydroxyl groups is 2. The van der Waals surface area contributed by atoms with Crippen LogP contribution in [-0.4, -0.2) is 54.5 Å². The Morgan fingerprint density at radius 1 is 1.43 bits per heavy atom. The van der Waals surface area contributed by atoms with Crippen LogP contribution < -0.4 is 0 Å². The molecule has 0 bridgehead atoms. The minimum absolute atomic E-state index is 0.0761. The maximum absolute atomic E-state index is 10.6. The molecule has 1 saturated heterocycles. The molecule has 0 unspecified atom stereocenters. The molecule has 6 heteroatoms. The lowest BCUT2D eigenvalue weighted by molar-refractivity contribution is -0.265. The third-order valence-corrected chi connectivity index (χ3v) is 2.02. The minimum Gasteiger partial charge on any atom is -0.433 e. The van der Waals surface area contributed by atoms with Crippen LogP contribution in [-0.2, 0) is 19.0 Å². The molecule has 0 amide bonds. The fourth-order valence-corrected chi connectivity index (χ4v) is 1.24. The Morgan fingerprint density at radius 2 is 2.07 bits per heavy atom. The Morgan fingerprint density at radius 3 is 2.57 bits per heavy atom. The van der Waals surface area contributed by atoms with Gasteiger partial charge in [0, 0.05) is 14.0 Å². The molecule has 1 heterocycles. The van der Waals surface area contributed by atoms with Crippen molar-refractivity contribution in [1.82, 2.24) is 0 Å². The van der Waals surface area contributed by atoms with Gasteiger partial charge in [-0.15, -0.1) is 0 Å². The SMILES string of the molecule is CO[C@@H]1CO[C@H](OC(C)=O)[C@H](O)[C@H]1O. The molecule has 6 nitrogen and oxygen atoms in total. The molecule has 0 spiro atoms. The van der Waals surface area contributed by atoms with E-state index in [1.807, 2.05) is 0 Å². The van der Waals surface area contributed by atoms with Crippen LogP contribution in [0.2, 0.25) is 0 Å². The average Bonchev–Trinajstić information content (AvgIpc) is 2.13. The monoisotopic (exact) mass is 206 g/mol. The van der Waals surface area contributed by atoms with Crippen molar-refractivity contribution < 1.29 is 29.2 Å². The Labute approximate surface area is 81.4 Å². The van der Waals surface area contributed by atoms with Gasteiger partial charge in [0.2, 0.25) is 6.29 Å². The highest BCUT2D eigenvalue weighted by atomic mass is 16.7. The van der Waals surface area contributed by atoms with Gasteiger partial charge >= 0.3 is 5.97 Å². The maximum Gasteiger partial charge on any atom is 0.305 e. The molecule has 0 aromatic rings. The van der Waals surface area contributed by atoms with E-state index in [-0.39, 0.29) is 6.61 Å². The van der Waals surface area contributed by atoms with E-state index in [0.29, 0.717) is 0 Å². The molecule has 0 radical (unpaired) electrons. The molecule has 14 heavy (non-hydrogen) atoms. The van der Waals surface area contributed by atoms with Crippen LogP contribution in [0.15, 0.2) is 0 Å². The van der Waals surface area contributed by atoms with Gasteiger partial charge in [-0.3, -0.25) is 4.79 Å². The number of carbonyl (C=O) groups is 1. The predicted octanol–water partition coefficient (Wildman–Crippen LogP) is -1.36. The van der Waals surface area contributed by atoms with Gasteiger partial charge in [-0.25, -0.2) is 0 Å². The van der Waals surface area contributed by atoms with Crippen molar-refractivity contribution in [3.05, 3.63) is 0 Å². The second-order valence-electron chi connectivity index (χ2n) is 3.07. The van der Waals surface area contributed by atoms with Gasteiger partial charge in [-0.05, 0) is 0 Å². The summed E-state index contributed by atoms with van der Waals surface area (Å²) in [6, 6.07) is 0. The third-order valence-electron chi connectivity index (χ3n) is 2.02. The first-order valence-corrected chi connectivity index (χ1v) is 4.24. The first kappa shape index (κ1) is 11.4. The van der Waals surface area contributed by atoms with Gasteiger partial charge in [0.1, 0.15) is 18.3 Å². The molecule has 1 rings (SSSR count). The molecular weight excluding hydrogens is 192 g/mol. The van der Waals surface area contributed by atoms with E-state index >= 15 is 0 Å². The van der Waals surface area contributed by atoms with Crippen molar-refractivity contribution in [2.24, 2.45) is 0 Å². The first-order valence-electron chi connectivity index (χ1n) is 4.24. The van der Waals surface area contributed by atoms with Gasteiger partial charge in [0.25, 0.3) is 0 Å². The normalized spacial score (nSPS) is 38.0. The Bertz CT molecular complexity index is 206. The number of carbonyl (C=O) groups excluding carboxylic acids is 1. The summed E-state index contributed by atoms with van der Waals surface area (Å²) in [4.78, 5) is 10.6. The fourth-order valence-electron chi connectivity index (χ4n) is 1.24. The average molecular weight is 206 g/mol. The molecule has 1 aliphatic rings. The van der Waals surface area contributed by atoms with Crippen molar-refractivity contribution in [1.29, 1.82) is 0 Å². The standard InChI is InChI=1S/C8H14O6/c1-4(9)14-8-7(11)6(10)5(12-2)3-13-8/h5-8,10-11H,3H2,1-2H3/t5-,6+,7-,8-/m1/s1. The number of hydrogen-bond acceptors (Lipinski definition) is 6. The van der Waals surface area contributed by atoms with E-state index in [9.17, 15) is 15.0 Å². The summed E-state index contributed by atoms with van der Waals surface area (Å²) < 4.78 is 14.5. The lowest BCUT2D eigenvalue weighted by atomic mass is 10.1. The minimum atomic E-state index is -1.28. The number of rotatable bonds is 2. The molecular formula is C8H14O6. The Hall–Kier alpha value is -0.690. The van der Waals surface area contributed by atoms with E-state index in [0.717, 1.165) is 0 Å². The van der Waals surface area contributed by atoms with Gasteiger partial charge < -0.3 is 24.4 Å². The highest BCUT2D eigenvalue weighted by molar-refractivity contribution is 5.66. The molecule has 2 N–H and O–H groups in total. The molecule has 0 aromatic carbocycles. The highest BCUT2D eigenvalue weighted by Crippen LogP contribution is 2.18. The molecule has 0 aromatic heterocycles. The number of hydrogen-bond donors (Lipinski definition) is 2. The molecule has 82 valence electrons. The largest absolute Gasteiger partial charge is 0.433 e. The van der Waals surface area contributed by atoms with Crippen molar-refractivity contribution in [3.63, 3.8) is 0 Å². The molecule has 4 atom stereocenters. The third kappa shape index (κ3) is 2.42. The van der Waals surface area contributed by atoms with Crippen molar-refractivity contribution in [2.45, 2.75) is 31.5 Å². The van der Waals surface area contributed by atoms with Crippen LogP contribution in [0.3, 0.4) is 0 Å². The summed E-state index contributed by atoms with van der Waals surface area (Å²) in [5.41, 5.74) is 0. The van der Waals surface area contributed by atoms with Crippen molar-refractivity contribution >= 4 is 5.97 Å². The van der Waals surface area contributed by atoms with Gasteiger partial charge in [-0.2, -0.15) is 0 Å².